The van der Waals surface area contributed by atoms with Crippen LogP contribution in [-0.2, 0) is 35.2 Å². The van der Waals surface area contributed by atoms with E-state index in [0.29, 0.717) is 43.2 Å². The number of amides is 4. The number of aliphatic carboxylic acids is 4. The molecule has 3 saturated heterocycles. The Morgan fingerprint density at radius 2 is 1.32 bits per heavy atom. The first-order valence-corrected chi connectivity index (χ1v) is 21.8. The summed E-state index contributed by atoms with van der Waals surface area (Å²) in [6, 6.07) is 6.93. The molecule has 3 aliphatic rings. The van der Waals surface area contributed by atoms with Gasteiger partial charge in [0.1, 0.15) is 0 Å². The van der Waals surface area contributed by atoms with E-state index in [1.165, 1.54) is 0 Å². The highest BCUT2D eigenvalue weighted by molar-refractivity contribution is 8.00. The van der Waals surface area contributed by atoms with Crippen molar-refractivity contribution < 1.29 is 54.0 Å². The molecule has 0 radical (unpaired) electrons. The Kier molecular flexibility index (Phi) is 19.8. The largest absolute Gasteiger partial charge is 0.480 e. The molecule has 0 spiro atoms. The van der Waals surface area contributed by atoms with Gasteiger partial charge in [-0.15, -0.1) is 0 Å². The summed E-state index contributed by atoms with van der Waals surface area (Å²) in [4.78, 5) is 92.6. The van der Waals surface area contributed by atoms with Crippen molar-refractivity contribution in [3.63, 3.8) is 0 Å². The molecule has 0 saturated carbocycles. The number of carboxylic acid groups (broad SMARTS) is 4. The third-order valence-corrected chi connectivity index (χ3v) is 12.7. The van der Waals surface area contributed by atoms with Crippen molar-refractivity contribution in [1.29, 1.82) is 0 Å². The van der Waals surface area contributed by atoms with Gasteiger partial charge in [-0.2, -0.15) is 11.8 Å². The zero-order valence-corrected chi connectivity index (χ0v) is 35.3. The van der Waals surface area contributed by atoms with E-state index in [-0.39, 0.29) is 102 Å². The van der Waals surface area contributed by atoms with Gasteiger partial charge in [0, 0.05) is 95.0 Å². The van der Waals surface area contributed by atoms with Crippen LogP contribution in [0, 0.1) is 0 Å². The van der Waals surface area contributed by atoms with Crippen LogP contribution in [0.1, 0.15) is 56.9 Å². The van der Waals surface area contributed by atoms with Crippen LogP contribution in [-0.4, -0.2) is 201 Å². The highest BCUT2D eigenvalue weighted by Crippen LogP contribution is 2.33. The summed E-state index contributed by atoms with van der Waals surface area (Å²) in [5.74, 6) is -3.43. The SMILES string of the molecule is CN(CCCCCC(=O)Nc1ccc(CC2CN(CC(=O)O)CCN(CC(=O)O)CCN(CC(=O)O)CCN2CC(=O)O)cc1)C(=O)CCCC[C@H]1SC[C@H]2NC(=O)N[C@H]21. The molecule has 1 aromatic rings. The number of carbonyl (C=O) groups is 7. The van der Waals surface area contributed by atoms with Gasteiger partial charge in [-0.1, -0.05) is 25.0 Å². The molecule has 19 nitrogen and oxygen atoms in total. The maximum absolute atomic E-state index is 12.8. The summed E-state index contributed by atoms with van der Waals surface area (Å²) >= 11 is 1.88. The lowest BCUT2D eigenvalue weighted by molar-refractivity contribution is -0.142. The third-order valence-electron chi connectivity index (χ3n) is 11.2. The van der Waals surface area contributed by atoms with Gasteiger partial charge in [0.05, 0.1) is 38.3 Å². The molecule has 20 heteroatoms. The van der Waals surface area contributed by atoms with Crippen LogP contribution in [0.15, 0.2) is 24.3 Å². The number of carboxylic acids is 4. The molecule has 0 aliphatic carbocycles. The quantitative estimate of drug-likeness (QED) is 0.0630. The van der Waals surface area contributed by atoms with Crippen LogP contribution < -0.4 is 16.0 Å². The molecular formula is C40H62N8O11S. The van der Waals surface area contributed by atoms with Crippen molar-refractivity contribution in [2.24, 2.45) is 0 Å². The molecule has 3 aliphatic heterocycles. The van der Waals surface area contributed by atoms with Crippen molar-refractivity contribution in [1.82, 2.24) is 35.1 Å². The predicted octanol–water partition coefficient (Wildman–Crippen LogP) is 0.841. The topological polar surface area (TPSA) is 253 Å². The fourth-order valence-electron chi connectivity index (χ4n) is 7.97. The van der Waals surface area contributed by atoms with Crippen molar-refractivity contribution in [2.45, 2.75) is 81.2 Å². The van der Waals surface area contributed by atoms with E-state index in [9.17, 15) is 54.0 Å². The Bertz CT molecular complexity index is 1620. The molecule has 60 heavy (non-hydrogen) atoms. The molecule has 1 aromatic carbocycles. The van der Waals surface area contributed by atoms with Crippen LogP contribution in [0.5, 0.6) is 0 Å². The normalized spacial score (nSPS) is 22.1. The molecule has 1 unspecified atom stereocenters. The first kappa shape index (κ1) is 48.2. The lowest BCUT2D eigenvalue weighted by Crippen LogP contribution is -2.53. The number of nitrogens with one attached hydrogen (secondary N) is 3. The van der Waals surface area contributed by atoms with Gasteiger partial charge in [-0.05, 0) is 49.8 Å². The summed E-state index contributed by atoms with van der Waals surface area (Å²) < 4.78 is 0. The number of rotatable bonds is 22. The Morgan fingerprint density at radius 3 is 1.95 bits per heavy atom. The highest BCUT2D eigenvalue weighted by atomic mass is 32.2. The lowest BCUT2D eigenvalue weighted by Gasteiger charge is -2.37. The van der Waals surface area contributed by atoms with E-state index in [1.54, 1.807) is 43.7 Å². The fraction of sp³-hybridized carbons (Fsp3) is 0.675. The third kappa shape index (κ3) is 17.2. The maximum Gasteiger partial charge on any atom is 0.317 e. The number of nitrogens with zero attached hydrogens (tertiary/aromatic N) is 5. The molecule has 4 atom stereocenters. The molecule has 3 heterocycles. The number of thioether (sulfide) groups is 1. The Balaban J connectivity index is 1.24. The average molecular weight is 863 g/mol. The summed E-state index contributed by atoms with van der Waals surface area (Å²) in [6.07, 6.45) is 6.05. The van der Waals surface area contributed by atoms with Crippen LogP contribution in [0.3, 0.4) is 0 Å². The lowest BCUT2D eigenvalue weighted by atomic mass is 10.0. The zero-order valence-electron chi connectivity index (χ0n) is 34.5. The number of benzene rings is 1. The number of hydrogen-bond donors (Lipinski definition) is 7. The van der Waals surface area contributed by atoms with Gasteiger partial charge in [-0.25, -0.2) is 4.79 Å². The average Bonchev–Trinajstić information content (AvgIpc) is 3.73. The van der Waals surface area contributed by atoms with Crippen molar-refractivity contribution >= 4 is 59.2 Å². The second kappa shape index (κ2) is 24.7. The van der Waals surface area contributed by atoms with E-state index in [4.69, 9.17) is 0 Å². The first-order valence-electron chi connectivity index (χ1n) is 20.7. The smallest absolute Gasteiger partial charge is 0.317 e. The number of urea groups is 1. The van der Waals surface area contributed by atoms with E-state index in [2.05, 4.69) is 16.0 Å². The van der Waals surface area contributed by atoms with Crippen LogP contribution in [0.4, 0.5) is 10.5 Å². The number of anilines is 1. The number of hydrogen-bond acceptors (Lipinski definition) is 12. The van der Waals surface area contributed by atoms with Crippen LogP contribution in [0.25, 0.3) is 0 Å². The second-order valence-corrected chi connectivity index (χ2v) is 17.2. The number of carbonyl (C=O) groups excluding carboxylic acids is 3. The minimum atomic E-state index is -1.09. The number of fused-ring (bicyclic) bond motifs is 1. The zero-order chi connectivity index (χ0) is 43.6. The minimum Gasteiger partial charge on any atom is -0.480 e. The van der Waals surface area contributed by atoms with Gasteiger partial charge >= 0.3 is 29.9 Å². The van der Waals surface area contributed by atoms with Gasteiger partial charge in [0.2, 0.25) is 11.8 Å². The summed E-state index contributed by atoms with van der Waals surface area (Å²) in [7, 11) is 1.81. The van der Waals surface area contributed by atoms with Gasteiger partial charge in [0.15, 0.2) is 0 Å². The van der Waals surface area contributed by atoms with E-state index >= 15 is 0 Å². The Morgan fingerprint density at radius 1 is 0.733 bits per heavy atom. The van der Waals surface area contributed by atoms with Crippen molar-refractivity contribution in [3.05, 3.63) is 29.8 Å². The van der Waals surface area contributed by atoms with E-state index in [1.807, 2.05) is 23.9 Å². The molecule has 334 valence electrons. The summed E-state index contributed by atoms with van der Waals surface area (Å²) in [6.45, 7) is 0.684. The molecule has 0 bridgehead atoms. The molecular weight excluding hydrogens is 801 g/mol. The molecule has 7 N–H and O–H groups in total. The first-order chi connectivity index (χ1) is 28.6. The minimum absolute atomic E-state index is 0.0913. The molecule has 3 fully saturated rings. The van der Waals surface area contributed by atoms with Gasteiger partial charge in [-0.3, -0.25) is 48.4 Å². The summed E-state index contributed by atoms with van der Waals surface area (Å²) in [5.41, 5.74) is 1.40. The highest BCUT2D eigenvalue weighted by Gasteiger charge is 2.42. The van der Waals surface area contributed by atoms with Gasteiger partial charge in [0.25, 0.3) is 0 Å². The van der Waals surface area contributed by atoms with Crippen LogP contribution in [0.2, 0.25) is 0 Å². The van der Waals surface area contributed by atoms with Crippen LogP contribution >= 0.6 is 11.8 Å². The predicted molar refractivity (Wildman–Crippen MR) is 224 cm³/mol. The second-order valence-electron chi connectivity index (χ2n) is 15.9. The molecule has 4 amide bonds. The van der Waals surface area contributed by atoms with Crippen molar-refractivity contribution in [3.8, 4) is 0 Å². The van der Waals surface area contributed by atoms with E-state index in [0.717, 1.165) is 43.4 Å². The van der Waals surface area contributed by atoms with Gasteiger partial charge < -0.3 is 41.3 Å². The Hall–Kier alpha value is -4.50. The summed E-state index contributed by atoms with van der Waals surface area (Å²) in [5, 5.41) is 47.8. The monoisotopic (exact) mass is 862 g/mol. The molecule has 0 aromatic heterocycles. The van der Waals surface area contributed by atoms with E-state index < -0.39 is 29.9 Å². The maximum atomic E-state index is 12.8. The Labute approximate surface area is 355 Å². The van der Waals surface area contributed by atoms with Crippen molar-refractivity contribution in [2.75, 3.05) is 96.7 Å². The standard InChI is InChI=1S/C40H62N8O11S/c1-44(34(50)9-5-4-7-32-39-31(27-60-32)42-40(59)43-39)14-6-2-3-8-33(49)41-29-12-10-28(11-13-29)21-30-22-47(25-37(55)56)18-17-45(23-35(51)52)15-16-46(24-36(53)54)19-20-48(30)26-38(57)58/h10-13,30-32,39H,2-9,14-27H2,1H3,(H,41,49)(H,51,52)(H,53,54)(H,55,56)(H,57,58)(H2,42,43,59)/t30?,31-,32-,39-/m1/s1. The molecule has 4 rings (SSSR count). The fourth-order valence-corrected chi connectivity index (χ4v) is 9.51. The number of unbranched alkanes of at least 4 members (excludes halogenated alkanes) is 3.